The van der Waals surface area contributed by atoms with Gasteiger partial charge in [0, 0.05) is 12.6 Å². The summed E-state index contributed by atoms with van der Waals surface area (Å²) >= 11 is 0. The van der Waals surface area contributed by atoms with E-state index in [1.165, 1.54) is 0 Å². The molecule has 0 aromatic carbocycles. The Morgan fingerprint density at radius 1 is 1.33 bits per heavy atom. The second kappa shape index (κ2) is 6.46. The Labute approximate surface area is 93.5 Å². The molecule has 0 aromatic heterocycles. The van der Waals surface area contributed by atoms with Gasteiger partial charge in [0.15, 0.2) is 0 Å². The standard InChI is InChI=1S/C12H25NO2/c1-5-7-14-12-10(13-6-2)8-11(12)15-9(3)4/h9-13H,5-8H2,1-4H3. The molecule has 3 atom stereocenters. The predicted molar refractivity (Wildman–Crippen MR) is 62.1 cm³/mol. The van der Waals surface area contributed by atoms with Gasteiger partial charge in [-0.25, -0.2) is 0 Å². The molecule has 1 N–H and O–H groups in total. The zero-order chi connectivity index (χ0) is 11.3. The molecule has 0 bridgehead atoms. The maximum absolute atomic E-state index is 5.82. The highest BCUT2D eigenvalue weighted by molar-refractivity contribution is 4.97. The Kier molecular flexibility index (Phi) is 5.58. The van der Waals surface area contributed by atoms with E-state index in [0.717, 1.165) is 26.0 Å². The summed E-state index contributed by atoms with van der Waals surface area (Å²) < 4.78 is 11.6. The van der Waals surface area contributed by atoms with Crippen molar-refractivity contribution in [1.29, 1.82) is 0 Å². The van der Waals surface area contributed by atoms with Gasteiger partial charge in [0.1, 0.15) is 0 Å². The van der Waals surface area contributed by atoms with Crippen LogP contribution < -0.4 is 5.32 Å². The Hall–Kier alpha value is -0.120. The average Bonchev–Trinajstić information content (AvgIpc) is 2.16. The van der Waals surface area contributed by atoms with Crippen molar-refractivity contribution in [2.24, 2.45) is 0 Å². The van der Waals surface area contributed by atoms with Gasteiger partial charge in [0.25, 0.3) is 0 Å². The number of hydrogen-bond acceptors (Lipinski definition) is 3. The lowest BCUT2D eigenvalue weighted by molar-refractivity contribution is -0.161. The van der Waals surface area contributed by atoms with Crippen molar-refractivity contribution < 1.29 is 9.47 Å². The largest absolute Gasteiger partial charge is 0.374 e. The summed E-state index contributed by atoms with van der Waals surface area (Å²) in [6.45, 7) is 10.3. The van der Waals surface area contributed by atoms with E-state index in [0.29, 0.717) is 18.2 Å². The van der Waals surface area contributed by atoms with Crippen LogP contribution in [0.15, 0.2) is 0 Å². The molecule has 1 aliphatic carbocycles. The van der Waals surface area contributed by atoms with Gasteiger partial charge >= 0.3 is 0 Å². The fourth-order valence-electron chi connectivity index (χ4n) is 2.00. The Balaban J connectivity index is 2.33. The molecule has 3 heteroatoms. The van der Waals surface area contributed by atoms with Gasteiger partial charge in [-0.3, -0.25) is 0 Å². The van der Waals surface area contributed by atoms with Gasteiger partial charge < -0.3 is 14.8 Å². The van der Waals surface area contributed by atoms with Gasteiger partial charge in [-0.2, -0.15) is 0 Å². The van der Waals surface area contributed by atoms with Crippen LogP contribution in [0.3, 0.4) is 0 Å². The Morgan fingerprint density at radius 3 is 2.60 bits per heavy atom. The summed E-state index contributed by atoms with van der Waals surface area (Å²) in [7, 11) is 0. The van der Waals surface area contributed by atoms with Crippen molar-refractivity contribution >= 4 is 0 Å². The van der Waals surface area contributed by atoms with Crippen LogP contribution in [0.5, 0.6) is 0 Å². The Morgan fingerprint density at radius 2 is 2.07 bits per heavy atom. The molecule has 0 aromatic rings. The van der Waals surface area contributed by atoms with Crippen molar-refractivity contribution in [2.45, 2.75) is 64.9 Å². The lowest BCUT2D eigenvalue weighted by Crippen LogP contribution is -2.60. The predicted octanol–water partition coefficient (Wildman–Crippen LogP) is 1.96. The molecule has 1 rings (SSSR count). The summed E-state index contributed by atoms with van der Waals surface area (Å²) in [5.41, 5.74) is 0. The molecule has 0 heterocycles. The number of nitrogens with one attached hydrogen (secondary N) is 1. The smallest absolute Gasteiger partial charge is 0.0990 e. The average molecular weight is 215 g/mol. The normalized spacial score (nSPS) is 30.6. The fraction of sp³-hybridized carbons (Fsp3) is 1.00. The first-order valence-corrected chi connectivity index (χ1v) is 6.19. The monoisotopic (exact) mass is 215 g/mol. The van der Waals surface area contributed by atoms with Crippen LogP contribution >= 0.6 is 0 Å². The molecule has 1 saturated carbocycles. The van der Waals surface area contributed by atoms with Crippen LogP contribution in [0, 0.1) is 0 Å². The van der Waals surface area contributed by atoms with Gasteiger partial charge in [-0.1, -0.05) is 13.8 Å². The highest BCUT2D eigenvalue weighted by Gasteiger charge is 2.42. The van der Waals surface area contributed by atoms with Crippen LogP contribution in [-0.2, 0) is 9.47 Å². The number of ether oxygens (including phenoxy) is 2. The maximum atomic E-state index is 5.82. The fourth-order valence-corrected chi connectivity index (χ4v) is 2.00. The van der Waals surface area contributed by atoms with Crippen molar-refractivity contribution in [2.75, 3.05) is 13.2 Å². The summed E-state index contributed by atoms with van der Waals surface area (Å²) in [6.07, 6.45) is 3.00. The van der Waals surface area contributed by atoms with Crippen LogP contribution in [0.4, 0.5) is 0 Å². The van der Waals surface area contributed by atoms with Crippen molar-refractivity contribution in [1.82, 2.24) is 5.32 Å². The molecule has 0 radical (unpaired) electrons. The van der Waals surface area contributed by atoms with Crippen LogP contribution in [0.25, 0.3) is 0 Å². The molecular formula is C12H25NO2. The van der Waals surface area contributed by atoms with E-state index in [4.69, 9.17) is 9.47 Å². The van der Waals surface area contributed by atoms with Crippen LogP contribution in [-0.4, -0.2) is 37.5 Å². The number of rotatable bonds is 7. The van der Waals surface area contributed by atoms with Crippen molar-refractivity contribution in [3.8, 4) is 0 Å². The molecule has 0 spiro atoms. The van der Waals surface area contributed by atoms with E-state index < -0.39 is 0 Å². The zero-order valence-corrected chi connectivity index (χ0v) is 10.5. The third-order valence-corrected chi connectivity index (χ3v) is 2.68. The minimum atomic E-state index is 0.257. The first-order valence-electron chi connectivity index (χ1n) is 6.19. The van der Waals surface area contributed by atoms with E-state index >= 15 is 0 Å². The van der Waals surface area contributed by atoms with E-state index in [1.54, 1.807) is 0 Å². The number of hydrogen-bond donors (Lipinski definition) is 1. The Bertz CT molecular complexity index is 173. The summed E-state index contributed by atoms with van der Waals surface area (Å²) in [5.74, 6) is 0. The second-order valence-electron chi connectivity index (χ2n) is 4.46. The molecule has 0 aliphatic heterocycles. The minimum Gasteiger partial charge on any atom is -0.374 e. The molecular weight excluding hydrogens is 190 g/mol. The van der Waals surface area contributed by atoms with Gasteiger partial charge in [-0.15, -0.1) is 0 Å². The van der Waals surface area contributed by atoms with Crippen LogP contribution in [0.2, 0.25) is 0 Å². The highest BCUT2D eigenvalue weighted by Crippen LogP contribution is 2.28. The van der Waals surface area contributed by atoms with E-state index in [-0.39, 0.29) is 6.10 Å². The first kappa shape index (κ1) is 12.9. The SMILES string of the molecule is CCCOC1C(NCC)CC1OC(C)C. The van der Waals surface area contributed by atoms with Gasteiger partial charge in [0.2, 0.25) is 0 Å². The molecule has 90 valence electrons. The third kappa shape index (κ3) is 3.74. The van der Waals surface area contributed by atoms with Crippen LogP contribution in [0.1, 0.15) is 40.5 Å². The first-order chi connectivity index (χ1) is 7.19. The third-order valence-electron chi connectivity index (χ3n) is 2.68. The molecule has 1 aliphatic rings. The highest BCUT2D eigenvalue weighted by atomic mass is 16.5. The van der Waals surface area contributed by atoms with Gasteiger partial charge in [-0.05, 0) is 33.2 Å². The molecule has 0 amide bonds. The summed E-state index contributed by atoms with van der Waals surface area (Å²) in [4.78, 5) is 0. The zero-order valence-electron chi connectivity index (χ0n) is 10.5. The van der Waals surface area contributed by atoms with E-state index in [1.807, 2.05) is 0 Å². The summed E-state index contributed by atoms with van der Waals surface area (Å²) in [6, 6.07) is 0.491. The molecule has 0 saturated heterocycles. The summed E-state index contributed by atoms with van der Waals surface area (Å²) in [5, 5.41) is 3.44. The maximum Gasteiger partial charge on any atom is 0.0990 e. The molecule has 3 unspecified atom stereocenters. The number of likely N-dealkylation sites (N-methyl/N-ethyl adjacent to an activating group) is 1. The molecule has 15 heavy (non-hydrogen) atoms. The minimum absolute atomic E-state index is 0.257. The quantitative estimate of drug-likeness (QED) is 0.704. The van der Waals surface area contributed by atoms with E-state index in [2.05, 4.69) is 33.0 Å². The van der Waals surface area contributed by atoms with Crippen molar-refractivity contribution in [3.05, 3.63) is 0 Å². The lowest BCUT2D eigenvalue weighted by Gasteiger charge is -2.45. The molecule has 1 fully saturated rings. The topological polar surface area (TPSA) is 30.5 Å². The lowest BCUT2D eigenvalue weighted by atomic mass is 9.85. The molecule has 3 nitrogen and oxygen atoms in total. The van der Waals surface area contributed by atoms with Crippen molar-refractivity contribution in [3.63, 3.8) is 0 Å². The van der Waals surface area contributed by atoms with E-state index in [9.17, 15) is 0 Å². The second-order valence-corrected chi connectivity index (χ2v) is 4.46. The van der Waals surface area contributed by atoms with Gasteiger partial charge in [0.05, 0.1) is 18.3 Å².